The molecule has 1 fully saturated rings. The number of piperidine rings is 1. The minimum atomic E-state index is -0.0586. The molecule has 0 amide bonds. The third-order valence-electron chi connectivity index (χ3n) is 6.44. The molecule has 166 valence electrons. The van der Waals surface area contributed by atoms with Crippen molar-refractivity contribution in [3.63, 3.8) is 0 Å². The van der Waals surface area contributed by atoms with Gasteiger partial charge in [-0.15, -0.1) is 11.3 Å². The number of phenols is 1. The Morgan fingerprint density at radius 3 is 2.62 bits per heavy atom. The lowest BCUT2D eigenvalue weighted by molar-refractivity contribution is 0.218. The number of hydrogen-bond acceptors (Lipinski definition) is 6. The molecular formula is C26H28N2O3S. The fourth-order valence-corrected chi connectivity index (χ4v) is 5.72. The highest BCUT2D eigenvalue weighted by Gasteiger charge is 2.24. The summed E-state index contributed by atoms with van der Waals surface area (Å²) in [5.74, 6) is 0.897. The van der Waals surface area contributed by atoms with Gasteiger partial charge in [0.2, 0.25) is 5.43 Å². The molecule has 2 aromatic heterocycles. The van der Waals surface area contributed by atoms with Gasteiger partial charge in [-0.3, -0.25) is 9.69 Å². The maximum absolute atomic E-state index is 13.8. The van der Waals surface area contributed by atoms with Gasteiger partial charge in [0, 0.05) is 13.0 Å². The van der Waals surface area contributed by atoms with E-state index in [2.05, 4.69) is 4.90 Å². The Balaban J connectivity index is 1.74. The zero-order valence-electron chi connectivity index (χ0n) is 18.6. The molecule has 0 aliphatic carbocycles. The van der Waals surface area contributed by atoms with E-state index >= 15 is 0 Å². The highest BCUT2D eigenvalue weighted by atomic mass is 32.1. The molecule has 32 heavy (non-hydrogen) atoms. The Morgan fingerprint density at radius 2 is 1.91 bits per heavy atom. The number of aromatic hydroxyl groups is 1. The van der Waals surface area contributed by atoms with Gasteiger partial charge in [-0.2, -0.15) is 0 Å². The molecular weight excluding hydrogens is 420 g/mol. The lowest BCUT2D eigenvalue weighted by atomic mass is 9.99. The fourth-order valence-electron chi connectivity index (χ4n) is 4.69. The number of nitrogens with zero attached hydrogens (tertiary/aromatic N) is 2. The number of rotatable bonds is 5. The molecule has 1 saturated heterocycles. The van der Waals surface area contributed by atoms with Crippen LogP contribution in [0.2, 0.25) is 0 Å². The van der Waals surface area contributed by atoms with E-state index in [-0.39, 0.29) is 11.2 Å². The van der Waals surface area contributed by atoms with E-state index < -0.39 is 0 Å². The average Bonchev–Trinajstić information content (AvgIpc) is 3.25. The number of aromatic nitrogens is 1. The number of phenolic OH excluding ortho intramolecular Hbond substituents is 1. The summed E-state index contributed by atoms with van der Waals surface area (Å²) in [6.07, 6.45) is 4.81. The van der Waals surface area contributed by atoms with Crippen LogP contribution in [0.4, 0.5) is 0 Å². The second-order valence-electron chi connectivity index (χ2n) is 8.50. The van der Waals surface area contributed by atoms with Crippen molar-refractivity contribution in [2.45, 2.75) is 52.5 Å². The van der Waals surface area contributed by atoms with Crippen molar-refractivity contribution in [3.05, 3.63) is 57.4 Å². The first kappa shape index (κ1) is 21.2. The Bertz CT molecular complexity index is 1320. The van der Waals surface area contributed by atoms with E-state index in [1.165, 1.54) is 17.8 Å². The Morgan fingerprint density at radius 1 is 1.12 bits per heavy atom. The van der Waals surface area contributed by atoms with E-state index in [1.807, 2.05) is 44.2 Å². The van der Waals surface area contributed by atoms with Gasteiger partial charge in [0.05, 0.1) is 26.7 Å². The summed E-state index contributed by atoms with van der Waals surface area (Å²) in [5.41, 5.74) is 3.44. The number of benzene rings is 2. The molecule has 3 heterocycles. The van der Waals surface area contributed by atoms with Gasteiger partial charge in [-0.05, 0) is 56.1 Å². The summed E-state index contributed by atoms with van der Waals surface area (Å²) in [7, 11) is 0. The normalized spacial score (nSPS) is 15.1. The molecule has 1 N–H and O–H groups in total. The molecule has 0 radical (unpaired) electrons. The second-order valence-corrected chi connectivity index (χ2v) is 9.53. The van der Waals surface area contributed by atoms with Crippen LogP contribution in [0.5, 0.6) is 5.75 Å². The van der Waals surface area contributed by atoms with Crippen molar-refractivity contribution >= 4 is 32.5 Å². The van der Waals surface area contributed by atoms with Gasteiger partial charge in [0.25, 0.3) is 0 Å². The first-order valence-corrected chi connectivity index (χ1v) is 12.3. The molecule has 5 nitrogen and oxygen atoms in total. The minimum absolute atomic E-state index is 0.0586. The number of thiazole rings is 1. The number of fused-ring (bicyclic) bond motifs is 2. The third-order valence-corrected chi connectivity index (χ3v) is 7.50. The van der Waals surface area contributed by atoms with E-state index in [1.54, 1.807) is 0 Å². The van der Waals surface area contributed by atoms with Gasteiger partial charge in [-0.25, -0.2) is 4.98 Å². The minimum Gasteiger partial charge on any atom is -0.507 e. The molecule has 4 aromatic rings. The van der Waals surface area contributed by atoms with Crippen molar-refractivity contribution in [2.75, 3.05) is 13.1 Å². The van der Waals surface area contributed by atoms with Crippen molar-refractivity contribution in [1.82, 2.24) is 9.88 Å². The molecule has 0 spiro atoms. The predicted octanol–water partition coefficient (Wildman–Crippen LogP) is 5.89. The van der Waals surface area contributed by atoms with Crippen LogP contribution in [0.15, 0.2) is 39.5 Å². The van der Waals surface area contributed by atoms with Gasteiger partial charge in [0.1, 0.15) is 22.1 Å². The maximum atomic E-state index is 13.8. The van der Waals surface area contributed by atoms with Gasteiger partial charge < -0.3 is 9.52 Å². The molecule has 2 aromatic carbocycles. The Hall–Kier alpha value is -2.70. The van der Waals surface area contributed by atoms with Gasteiger partial charge in [-0.1, -0.05) is 32.4 Å². The largest absolute Gasteiger partial charge is 0.507 e. The van der Waals surface area contributed by atoms with Crippen molar-refractivity contribution < 1.29 is 9.52 Å². The zero-order chi connectivity index (χ0) is 22.2. The highest BCUT2D eigenvalue weighted by molar-refractivity contribution is 7.21. The van der Waals surface area contributed by atoms with E-state index in [0.717, 1.165) is 47.3 Å². The molecule has 1 aliphatic heterocycles. The third kappa shape index (κ3) is 3.61. The van der Waals surface area contributed by atoms with E-state index in [0.29, 0.717) is 46.7 Å². The van der Waals surface area contributed by atoms with Crippen molar-refractivity contribution in [1.29, 1.82) is 0 Å². The Labute approximate surface area is 191 Å². The Kier molecular flexibility index (Phi) is 5.74. The highest BCUT2D eigenvalue weighted by Crippen LogP contribution is 2.37. The predicted molar refractivity (Wildman–Crippen MR) is 131 cm³/mol. The van der Waals surface area contributed by atoms with Gasteiger partial charge in [0.15, 0.2) is 0 Å². The fraction of sp³-hybridized carbons (Fsp3) is 0.385. The van der Waals surface area contributed by atoms with Gasteiger partial charge >= 0.3 is 0 Å². The van der Waals surface area contributed by atoms with Crippen LogP contribution in [0.1, 0.15) is 50.0 Å². The number of para-hydroxylation sites is 1. The molecule has 5 rings (SSSR count). The van der Waals surface area contributed by atoms with Crippen LogP contribution in [0.25, 0.3) is 31.8 Å². The second kappa shape index (κ2) is 8.68. The molecule has 0 atom stereocenters. The summed E-state index contributed by atoms with van der Waals surface area (Å²) in [5, 5.41) is 12.3. The number of aryl methyl sites for hydroxylation is 2. The first-order chi connectivity index (χ1) is 15.6. The van der Waals surface area contributed by atoms with Crippen LogP contribution in [0.3, 0.4) is 0 Å². The van der Waals surface area contributed by atoms with Crippen LogP contribution in [-0.2, 0) is 19.4 Å². The van der Waals surface area contributed by atoms with E-state index in [4.69, 9.17) is 9.40 Å². The maximum Gasteiger partial charge on any atom is 0.203 e. The SMILES string of the molecule is CCc1cc2c(=O)c(-c3nc4ccccc4s3)c(CC)oc2c(CN2CCCCC2)c1O. The summed E-state index contributed by atoms with van der Waals surface area (Å²) in [6.45, 7) is 6.61. The lowest BCUT2D eigenvalue weighted by Crippen LogP contribution is -2.29. The molecule has 0 bridgehead atoms. The summed E-state index contributed by atoms with van der Waals surface area (Å²) >= 11 is 1.52. The molecule has 0 saturated carbocycles. The lowest BCUT2D eigenvalue weighted by Gasteiger charge is -2.27. The molecule has 1 aliphatic rings. The van der Waals surface area contributed by atoms with Crippen LogP contribution < -0.4 is 5.43 Å². The standard InChI is InChI=1S/C26H28N2O3S/c1-3-16-14-17-24(30)22(26-27-19-10-6-7-11-21(19)32-26)20(4-2)31-25(17)18(23(16)29)15-28-12-8-5-9-13-28/h6-7,10-11,14,29H,3-5,8-9,12-13,15H2,1-2H3. The molecule has 6 heteroatoms. The molecule has 0 unspecified atom stereocenters. The number of hydrogen-bond donors (Lipinski definition) is 1. The smallest absolute Gasteiger partial charge is 0.203 e. The topological polar surface area (TPSA) is 66.6 Å². The zero-order valence-corrected chi connectivity index (χ0v) is 19.4. The summed E-state index contributed by atoms with van der Waals surface area (Å²) in [6, 6.07) is 9.74. The van der Waals surface area contributed by atoms with E-state index in [9.17, 15) is 9.90 Å². The summed E-state index contributed by atoms with van der Waals surface area (Å²) < 4.78 is 7.46. The van der Waals surface area contributed by atoms with Crippen molar-refractivity contribution in [3.8, 4) is 16.3 Å². The first-order valence-electron chi connectivity index (χ1n) is 11.5. The van der Waals surface area contributed by atoms with Crippen LogP contribution >= 0.6 is 11.3 Å². The van der Waals surface area contributed by atoms with Crippen LogP contribution in [-0.4, -0.2) is 28.1 Å². The van der Waals surface area contributed by atoms with Crippen molar-refractivity contribution in [2.24, 2.45) is 0 Å². The average molecular weight is 449 g/mol. The summed E-state index contributed by atoms with van der Waals surface area (Å²) in [4.78, 5) is 20.9. The number of likely N-dealkylation sites (tertiary alicyclic amines) is 1. The van der Waals surface area contributed by atoms with Crippen LogP contribution in [0, 0.1) is 0 Å². The quantitative estimate of drug-likeness (QED) is 0.413. The monoisotopic (exact) mass is 448 g/mol.